The van der Waals surface area contributed by atoms with Gasteiger partial charge in [0.05, 0.1) is 29.9 Å². The molecule has 0 spiro atoms. The van der Waals surface area contributed by atoms with Crippen LogP contribution in [0.15, 0.2) is 5.38 Å². The number of aliphatic hydroxyl groups is 1. The molecule has 0 aromatic carbocycles. The van der Waals surface area contributed by atoms with Gasteiger partial charge in [-0.2, -0.15) is 0 Å². The largest absolute Gasteiger partial charge is 0.394 e. The quantitative estimate of drug-likeness (QED) is 0.747. The van der Waals surface area contributed by atoms with E-state index in [1.54, 1.807) is 18.3 Å². The maximum Gasteiger partial charge on any atom is 0.315 e. The van der Waals surface area contributed by atoms with Crippen LogP contribution in [0.3, 0.4) is 0 Å². The van der Waals surface area contributed by atoms with Crippen LogP contribution in [0, 0.1) is 0 Å². The number of hydrogen-bond donors (Lipinski definition) is 3. The molecule has 0 aliphatic rings. The fourth-order valence-electron chi connectivity index (χ4n) is 1.16. The second-order valence-electron chi connectivity index (χ2n) is 4.24. The molecule has 1 unspecified atom stereocenters. The maximum atomic E-state index is 11.4. The molecular formula is C11H19N3O2S. The Labute approximate surface area is 105 Å². The van der Waals surface area contributed by atoms with Crippen molar-refractivity contribution in [3.8, 4) is 0 Å². The second-order valence-corrected chi connectivity index (χ2v) is 5.13. The molecule has 0 aliphatic carbocycles. The van der Waals surface area contributed by atoms with Crippen LogP contribution in [0.2, 0.25) is 0 Å². The Morgan fingerprint density at radius 1 is 1.53 bits per heavy atom. The number of aromatic nitrogens is 1. The zero-order valence-electron chi connectivity index (χ0n) is 10.4. The first-order valence-corrected chi connectivity index (χ1v) is 6.50. The van der Waals surface area contributed by atoms with Gasteiger partial charge in [-0.15, -0.1) is 11.3 Å². The van der Waals surface area contributed by atoms with E-state index in [1.165, 1.54) is 0 Å². The van der Waals surface area contributed by atoms with Crippen molar-refractivity contribution >= 4 is 17.4 Å². The minimum absolute atomic E-state index is 0.0678. The van der Waals surface area contributed by atoms with Gasteiger partial charge in [-0.05, 0) is 6.92 Å². The van der Waals surface area contributed by atoms with Gasteiger partial charge in [0.25, 0.3) is 0 Å². The summed E-state index contributed by atoms with van der Waals surface area (Å²) in [5, 5.41) is 17.1. The van der Waals surface area contributed by atoms with Gasteiger partial charge in [-0.3, -0.25) is 0 Å². The molecule has 1 rings (SSSR count). The highest BCUT2D eigenvalue weighted by atomic mass is 32.1. The average Bonchev–Trinajstić information content (AvgIpc) is 2.75. The normalized spacial score (nSPS) is 12.5. The number of carbonyl (C=O) groups excluding carboxylic acids is 1. The van der Waals surface area contributed by atoms with Crippen molar-refractivity contribution in [2.75, 3.05) is 6.61 Å². The minimum Gasteiger partial charge on any atom is -0.394 e. The van der Waals surface area contributed by atoms with Gasteiger partial charge in [0.2, 0.25) is 0 Å². The van der Waals surface area contributed by atoms with Crippen molar-refractivity contribution in [1.29, 1.82) is 0 Å². The zero-order chi connectivity index (χ0) is 12.8. The predicted octanol–water partition coefficient (Wildman–Crippen LogP) is 1.45. The maximum absolute atomic E-state index is 11.4. The number of nitrogens with one attached hydrogen (secondary N) is 2. The highest BCUT2D eigenvalue weighted by molar-refractivity contribution is 7.09. The molecule has 17 heavy (non-hydrogen) atoms. The molecule has 0 aliphatic heterocycles. The Morgan fingerprint density at radius 2 is 2.24 bits per heavy atom. The molecule has 1 aromatic rings. The van der Waals surface area contributed by atoms with Crippen LogP contribution >= 0.6 is 11.3 Å². The van der Waals surface area contributed by atoms with E-state index in [-0.39, 0.29) is 18.7 Å². The molecule has 5 nitrogen and oxygen atoms in total. The molecule has 1 heterocycles. The topological polar surface area (TPSA) is 74.2 Å². The smallest absolute Gasteiger partial charge is 0.315 e. The molecule has 0 saturated carbocycles. The first-order chi connectivity index (χ1) is 8.02. The number of aliphatic hydroxyl groups excluding tert-OH is 1. The Bertz CT molecular complexity index is 365. The monoisotopic (exact) mass is 257 g/mol. The fourth-order valence-corrected chi connectivity index (χ4v) is 2.00. The number of hydrogen-bond acceptors (Lipinski definition) is 4. The summed E-state index contributed by atoms with van der Waals surface area (Å²) in [6.07, 6.45) is 0. The second kappa shape index (κ2) is 6.56. The number of carbonyl (C=O) groups is 1. The van der Waals surface area contributed by atoms with E-state index in [0.717, 1.165) is 10.7 Å². The lowest BCUT2D eigenvalue weighted by Crippen LogP contribution is -2.42. The predicted molar refractivity (Wildman–Crippen MR) is 68.1 cm³/mol. The number of rotatable bonds is 5. The number of nitrogens with zero attached hydrogens (tertiary/aromatic N) is 1. The summed E-state index contributed by atoms with van der Waals surface area (Å²) in [5.41, 5.74) is 0.866. The number of urea groups is 1. The summed E-state index contributed by atoms with van der Waals surface area (Å²) < 4.78 is 0. The molecule has 1 atom stereocenters. The lowest BCUT2D eigenvalue weighted by atomic mass is 10.2. The third-order valence-electron chi connectivity index (χ3n) is 2.14. The average molecular weight is 257 g/mol. The first-order valence-electron chi connectivity index (χ1n) is 5.62. The standard InChI is InChI=1S/C11H19N3O2S/c1-7(2)10-14-9(6-17-10)4-12-11(16)13-8(3)5-15/h6-8,15H,4-5H2,1-3H3,(H2,12,13,16). The Balaban J connectivity index is 2.37. The number of thiazole rings is 1. The summed E-state index contributed by atoms with van der Waals surface area (Å²) >= 11 is 1.60. The van der Waals surface area contributed by atoms with Crippen LogP contribution in [0.1, 0.15) is 37.4 Å². The van der Waals surface area contributed by atoms with Gasteiger partial charge in [0.15, 0.2) is 0 Å². The van der Waals surface area contributed by atoms with Crippen LogP contribution in [0.5, 0.6) is 0 Å². The third-order valence-corrected chi connectivity index (χ3v) is 3.34. The lowest BCUT2D eigenvalue weighted by molar-refractivity contribution is 0.220. The van der Waals surface area contributed by atoms with Gasteiger partial charge in [-0.1, -0.05) is 13.8 Å². The Morgan fingerprint density at radius 3 is 2.76 bits per heavy atom. The third kappa shape index (κ3) is 4.70. The number of amides is 2. The molecule has 1 aromatic heterocycles. The molecular weight excluding hydrogens is 238 g/mol. The van der Waals surface area contributed by atoms with E-state index in [0.29, 0.717) is 12.5 Å². The molecule has 3 N–H and O–H groups in total. The van der Waals surface area contributed by atoms with Gasteiger partial charge in [0, 0.05) is 11.3 Å². The molecule has 2 amide bonds. The summed E-state index contributed by atoms with van der Waals surface area (Å²) in [5.74, 6) is 0.414. The van der Waals surface area contributed by atoms with E-state index < -0.39 is 0 Å². The first kappa shape index (κ1) is 13.9. The van der Waals surface area contributed by atoms with Crippen LogP contribution in [-0.2, 0) is 6.54 Å². The summed E-state index contributed by atoms with van der Waals surface area (Å²) in [6, 6.07) is -0.526. The van der Waals surface area contributed by atoms with Crippen LogP contribution in [0.25, 0.3) is 0 Å². The van der Waals surface area contributed by atoms with Crippen molar-refractivity contribution in [3.05, 3.63) is 16.1 Å². The van der Waals surface area contributed by atoms with Crippen molar-refractivity contribution in [1.82, 2.24) is 15.6 Å². The fraction of sp³-hybridized carbons (Fsp3) is 0.636. The van der Waals surface area contributed by atoms with Crippen molar-refractivity contribution < 1.29 is 9.90 Å². The minimum atomic E-state index is -0.286. The van der Waals surface area contributed by atoms with Gasteiger partial charge in [-0.25, -0.2) is 9.78 Å². The van der Waals surface area contributed by atoms with E-state index >= 15 is 0 Å². The summed E-state index contributed by atoms with van der Waals surface area (Å²) in [6.45, 7) is 6.26. The van der Waals surface area contributed by atoms with Gasteiger partial charge in [0.1, 0.15) is 0 Å². The Hall–Kier alpha value is -1.14. The molecule has 96 valence electrons. The van der Waals surface area contributed by atoms with Crippen molar-refractivity contribution in [3.63, 3.8) is 0 Å². The van der Waals surface area contributed by atoms with E-state index in [9.17, 15) is 4.79 Å². The molecule has 0 saturated heterocycles. The highest BCUT2D eigenvalue weighted by Gasteiger charge is 2.08. The van der Waals surface area contributed by atoms with Gasteiger partial charge < -0.3 is 15.7 Å². The lowest BCUT2D eigenvalue weighted by Gasteiger charge is -2.11. The molecule has 0 radical (unpaired) electrons. The SMILES string of the molecule is CC(CO)NC(=O)NCc1csc(C(C)C)n1. The van der Waals surface area contributed by atoms with Crippen molar-refractivity contribution in [2.45, 2.75) is 39.3 Å². The van der Waals surface area contributed by atoms with E-state index in [2.05, 4.69) is 29.5 Å². The molecule has 0 fully saturated rings. The van der Waals surface area contributed by atoms with E-state index in [4.69, 9.17) is 5.11 Å². The van der Waals surface area contributed by atoms with Crippen molar-refractivity contribution in [2.24, 2.45) is 0 Å². The van der Waals surface area contributed by atoms with Crippen LogP contribution in [0.4, 0.5) is 4.79 Å². The zero-order valence-corrected chi connectivity index (χ0v) is 11.2. The molecule has 6 heteroatoms. The van der Waals surface area contributed by atoms with E-state index in [1.807, 2.05) is 5.38 Å². The van der Waals surface area contributed by atoms with Gasteiger partial charge >= 0.3 is 6.03 Å². The summed E-state index contributed by atoms with van der Waals surface area (Å²) in [7, 11) is 0. The molecule has 0 bridgehead atoms. The van der Waals surface area contributed by atoms with Crippen LogP contribution in [-0.4, -0.2) is 28.8 Å². The summed E-state index contributed by atoms with van der Waals surface area (Å²) in [4.78, 5) is 15.8. The Kier molecular flexibility index (Phi) is 5.37. The van der Waals surface area contributed by atoms with Crippen LogP contribution < -0.4 is 10.6 Å². The highest BCUT2D eigenvalue weighted by Crippen LogP contribution is 2.18.